The number of aryl methyl sites for hydroxylation is 2. The van der Waals surface area contributed by atoms with Crippen LogP contribution in [0.5, 0.6) is 0 Å². The predicted molar refractivity (Wildman–Crippen MR) is 105 cm³/mol. The second-order valence-electron chi connectivity index (χ2n) is 5.81. The monoisotopic (exact) mass is 386 g/mol. The van der Waals surface area contributed by atoms with E-state index in [2.05, 4.69) is 10.6 Å². The van der Waals surface area contributed by atoms with Crippen molar-refractivity contribution in [1.82, 2.24) is 5.32 Å². The van der Waals surface area contributed by atoms with Gasteiger partial charge in [0.2, 0.25) is 0 Å². The topological polar surface area (TPSA) is 84.5 Å². The van der Waals surface area contributed by atoms with Crippen molar-refractivity contribution >= 4 is 41.3 Å². The summed E-state index contributed by atoms with van der Waals surface area (Å²) in [7, 11) is 0. The summed E-state index contributed by atoms with van der Waals surface area (Å²) in [5.74, 6) is -1.43. The summed E-state index contributed by atoms with van der Waals surface area (Å²) < 4.78 is 4.80. The van der Waals surface area contributed by atoms with Crippen molar-refractivity contribution in [3.63, 3.8) is 0 Å². The number of nitrogens with one attached hydrogen (secondary N) is 2. The van der Waals surface area contributed by atoms with Crippen LogP contribution in [-0.4, -0.2) is 24.5 Å². The fourth-order valence-corrected chi connectivity index (χ4v) is 2.32. The van der Waals surface area contributed by atoms with Gasteiger partial charge in [-0.1, -0.05) is 41.4 Å². The molecule has 3 amide bonds. The lowest BCUT2D eigenvalue weighted by atomic mass is 10.1. The van der Waals surface area contributed by atoms with E-state index >= 15 is 0 Å². The van der Waals surface area contributed by atoms with E-state index in [0.717, 1.165) is 16.7 Å². The number of rotatable bonds is 5. The summed E-state index contributed by atoms with van der Waals surface area (Å²) in [4.78, 5) is 35.2. The first-order chi connectivity index (χ1) is 12.8. The molecule has 0 aromatic heterocycles. The Balaban J connectivity index is 1.77. The minimum atomic E-state index is -0.731. The van der Waals surface area contributed by atoms with Crippen LogP contribution >= 0.6 is 11.6 Å². The first kappa shape index (κ1) is 20.2. The number of imide groups is 1. The predicted octanol–water partition coefficient (Wildman–Crippen LogP) is 3.86. The maximum absolute atomic E-state index is 11.8. The smallest absolute Gasteiger partial charge is 0.331 e. The van der Waals surface area contributed by atoms with Gasteiger partial charge in [-0.05, 0) is 49.2 Å². The third kappa shape index (κ3) is 6.95. The van der Waals surface area contributed by atoms with Crippen LogP contribution in [0.2, 0.25) is 5.02 Å². The molecule has 0 aliphatic carbocycles. The van der Waals surface area contributed by atoms with E-state index in [9.17, 15) is 14.4 Å². The summed E-state index contributed by atoms with van der Waals surface area (Å²) in [5, 5.41) is 5.26. The molecule has 0 aliphatic heterocycles. The molecule has 2 aromatic carbocycles. The van der Waals surface area contributed by atoms with Crippen molar-refractivity contribution in [2.45, 2.75) is 13.8 Å². The Hall–Kier alpha value is -3.12. The van der Waals surface area contributed by atoms with Gasteiger partial charge in [0.1, 0.15) is 0 Å². The molecule has 0 atom stereocenters. The highest BCUT2D eigenvalue weighted by molar-refractivity contribution is 6.30. The van der Waals surface area contributed by atoms with Gasteiger partial charge in [0.05, 0.1) is 0 Å². The van der Waals surface area contributed by atoms with Gasteiger partial charge < -0.3 is 10.1 Å². The van der Waals surface area contributed by atoms with Crippen LogP contribution in [0, 0.1) is 13.8 Å². The normalized spacial score (nSPS) is 10.5. The molecular weight excluding hydrogens is 368 g/mol. The molecular formula is C20H19ClN2O4. The number of halogens is 1. The number of hydrogen-bond donors (Lipinski definition) is 2. The van der Waals surface area contributed by atoms with Gasteiger partial charge in [0.15, 0.2) is 6.61 Å². The molecule has 0 unspecified atom stereocenters. The van der Waals surface area contributed by atoms with Crippen molar-refractivity contribution in [3.8, 4) is 0 Å². The first-order valence-corrected chi connectivity index (χ1v) is 8.50. The summed E-state index contributed by atoms with van der Waals surface area (Å²) in [6.45, 7) is 3.22. The number of ether oxygens (including phenoxy) is 1. The fourth-order valence-electron chi connectivity index (χ4n) is 2.19. The van der Waals surface area contributed by atoms with E-state index in [1.165, 1.54) is 12.2 Å². The van der Waals surface area contributed by atoms with E-state index in [1.807, 2.05) is 26.0 Å². The maximum atomic E-state index is 11.8. The van der Waals surface area contributed by atoms with Crippen molar-refractivity contribution in [2.24, 2.45) is 0 Å². The first-order valence-electron chi connectivity index (χ1n) is 8.12. The summed E-state index contributed by atoms with van der Waals surface area (Å²) >= 11 is 5.77. The highest BCUT2D eigenvalue weighted by Gasteiger charge is 2.11. The average Bonchev–Trinajstić information content (AvgIpc) is 2.62. The van der Waals surface area contributed by atoms with E-state index in [0.29, 0.717) is 10.7 Å². The molecule has 0 fully saturated rings. The number of hydrogen-bond acceptors (Lipinski definition) is 4. The second kappa shape index (κ2) is 9.54. The zero-order chi connectivity index (χ0) is 19.8. The second-order valence-corrected chi connectivity index (χ2v) is 6.25. The molecule has 7 heteroatoms. The summed E-state index contributed by atoms with van der Waals surface area (Å²) in [5.41, 5.74) is 3.28. The number of esters is 1. The molecule has 2 N–H and O–H groups in total. The molecule has 27 heavy (non-hydrogen) atoms. The lowest BCUT2D eigenvalue weighted by Crippen LogP contribution is -2.37. The molecule has 0 heterocycles. The van der Waals surface area contributed by atoms with Gasteiger partial charge in [-0.3, -0.25) is 10.1 Å². The third-order valence-corrected chi connectivity index (χ3v) is 3.76. The van der Waals surface area contributed by atoms with E-state index in [1.54, 1.807) is 30.3 Å². The number of carbonyl (C=O) groups excluding carboxylic acids is 3. The van der Waals surface area contributed by atoms with Gasteiger partial charge in [-0.2, -0.15) is 0 Å². The fraction of sp³-hybridized carbons (Fsp3) is 0.150. The lowest BCUT2D eigenvalue weighted by Gasteiger charge is -2.09. The van der Waals surface area contributed by atoms with Gasteiger partial charge in [0.25, 0.3) is 5.91 Å². The van der Waals surface area contributed by atoms with Crippen molar-refractivity contribution < 1.29 is 19.1 Å². The Morgan fingerprint density at radius 2 is 1.78 bits per heavy atom. The zero-order valence-electron chi connectivity index (χ0n) is 14.9. The van der Waals surface area contributed by atoms with Crippen LogP contribution in [0.4, 0.5) is 10.5 Å². The number of amides is 3. The number of anilines is 1. The largest absolute Gasteiger partial charge is 0.452 e. The SMILES string of the molecule is Cc1ccc(NC(=O)NC(=O)COC(=O)/C=C/c2ccc(Cl)cc2)c(C)c1. The molecule has 0 saturated carbocycles. The van der Waals surface area contributed by atoms with Crippen molar-refractivity contribution in [2.75, 3.05) is 11.9 Å². The van der Waals surface area contributed by atoms with E-state index in [-0.39, 0.29) is 0 Å². The van der Waals surface area contributed by atoms with Crippen LogP contribution in [0.15, 0.2) is 48.5 Å². The molecule has 2 rings (SSSR count). The van der Waals surface area contributed by atoms with Gasteiger partial charge >= 0.3 is 12.0 Å². The van der Waals surface area contributed by atoms with Crippen LogP contribution in [0.1, 0.15) is 16.7 Å². The molecule has 0 bridgehead atoms. The Morgan fingerprint density at radius 3 is 2.44 bits per heavy atom. The highest BCUT2D eigenvalue weighted by atomic mass is 35.5. The lowest BCUT2D eigenvalue weighted by molar-refractivity contribution is -0.143. The molecule has 140 valence electrons. The van der Waals surface area contributed by atoms with E-state index < -0.39 is 24.5 Å². The minimum Gasteiger partial charge on any atom is -0.452 e. The molecule has 0 spiro atoms. The Morgan fingerprint density at radius 1 is 1.07 bits per heavy atom. The molecule has 0 radical (unpaired) electrons. The van der Waals surface area contributed by atoms with Crippen molar-refractivity contribution in [3.05, 3.63) is 70.3 Å². The summed E-state index contributed by atoms with van der Waals surface area (Å²) in [6.07, 6.45) is 2.72. The molecule has 6 nitrogen and oxygen atoms in total. The molecule has 0 aliphatic rings. The molecule has 0 saturated heterocycles. The number of benzene rings is 2. The zero-order valence-corrected chi connectivity index (χ0v) is 15.7. The highest BCUT2D eigenvalue weighted by Crippen LogP contribution is 2.15. The molecule has 2 aromatic rings. The third-order valence-electron chi connectivity index (χ3n) is 3.51. The van der Waals surface area contributed by atoms with Crippen molar-refractivity contribution in [1.29, 1.82) is 0 Å². The number of urea groups is 1. The minimum absolute atomic E-state index is 0.565. The Labute approximate surface area is 162 Å². The van der Waals surface area contributed by atoms with Crippen LogP contribution in [-0.2, 0) is 14.3 Å². The maximum Gasteiger partial charge on any atom is 0.331 e. The van der Waals surface area contributed by atoms with Crippen LogP contribution < -0.4 is 10.6 Å². The van der Waals surface area contributed by atoms with Gasteiger partial charge in [0, 0.05) is 16.8 Å². The van der Waals surface area contributed by atoms with Gasteiger partial charge in [-0.15, -0.1) is 0 Å². The number of carbonyl (C=O) groups is 3. The quantitative estimate of drug-likeness (QED) is 0.603. The van der Waals surface area contributed by atoms with Gasteiger partial charge in [-0.25, -0.2) is 9.59 Å². The Kier molecular flexibility index (Phi) is 7.14. The standard InChI is InChI=1S/C20H19ClN2O4/c1-13-3-9-17(14(2)11-13)22-20(26)23-18(24)12-27-19(25)10-6-15-4-7-16(21)8-5-15/h3-11H,12H2,1-2H3,(H2,22,23,24,26)/b10-6+. The summed E-state index contributed by atoms with van der Waals surface area (Å²) in [6, 6.07) is 11.6. The Bertz CT molecular complexity index is 876. The van der Waals surface area contributed by atoms with E-state index in [4.69, 9.17) is 16.3 Å². The van der Waals surface area contributed by atoms with Crippen LogP contribution in [0.3, 0.4) is 0 Å². The average molecular weight is 387 g/mol. The van der Waals surface area contributed by atoms with Crippen LogP contribution in [0.25, 0.3) is 6.08 Å².